The van der Waals surface area contributed by atoms with Gasteiger partial charge in [0.25, 0.3) is 0 Å². The molecule has 0 amide bonds. The number of thioether (sulfide) groups is 1. The van der Waals surface area contributed by atoms with E-state index in [1.165, 1.54) is 30.0 Å². The van der Waals surface area contributed by atoms with Gasteiger partial charge >= 0.3 is 11.9 Å². The van der Waals surface area contributed by atoms with Gasteiger partial charge in [-0.2, -0.15) is 10.5 Å². The lowest BCUT2D eigenvalue weighted by molar-refractivity contribution is 0.0682. The molecular weight excluding hydrogens is 652 g/mol. The SMILES string of the molecule is N#Cc1cccc(C(=O)CBr)c1.N#Cc1cccc(C(=O)CSc2ccccc2C(=O)O)c1.O=C(O)c1ccccc1S. The number of carboxylic acids is 2. The molecule has 4 aromatic carbocycles. The Kier molecular flexibility index (Phi) is 14.4. The summed E-state index contributed by atoms with van der Waals surface area (Å²) in [6.07, 6.45) is 0. The molecule has 0 saturated heterocycles. The number of carboxylic acid groups (broad SMARTS) is 2. The summed E-state index contributed by atoms with van der Waals surface area (Å²) in [5.74, 6) is -1.98. The van der Waals surface area contributed by atoms with E-state index in [0.717, 1.165) is 0 Å². The fraction of sp³-hybridized carbons (Fsp3) is 0.0625. The Labute approximate surface area is 266 Å². The van der Waals surface area contributed by atoms with E-state index < -0.39 is 11.9 Å². The Bertz CT molecular complexity index is 1710. The van der Waals surface area contributed by atoms with Crippen LogP contribution < -0.4 is 0 Å². The zero-order chi connectivity index (χ0) is 31.8. The summed E-state index contributed by atoms with van der Waals surface area (Å²) in [5, 5.41) is 35.3. The number of Topliss-reactive ketones (excluding diaryl/α,β-unsaturated/α-hetero) is 2. The van der Waals surface area contributed by atoms with Crippen molar-refractivity contribution >= 4 is 63.8 Å². The molecule has 0 heterocycles. The van der Waals surface area contributed by atoms with Gasteiger partial charge in [-0.25, -0.2) is 9.59 Å². The first kappa shape index (κ1) is 34.5. The number of rotatable bonds is 8. The van der Waals surface area contributed by atoms with Crippen LogP contribution in [0.5, 0.6) is 0 Å². The highest BCUT2D eigenvalue weighted by Crippen LogP contribution is 2.24. The minimum atomic E-state index is -1.02. The number of hydrogen-bond acceptors (Lipinski definition) is 8. The summed E-state index contributed by atoms with van der Waals surface area (Å²) in [7, 11) is 0. The van der Waals surface area contributed by atoms with Crippen LogP contribution in [0.25, 0.3) is 0 Å². The van der Waals surface area contributed by atoms with E-state index in [0.29, 0.717) is 37.4 Å². The van der Waals surface area contributed by atoms with Crippen LogP contribution in [0.15, 0.2) is 107 Å². The molecule has 0 aliphatic heterocycles. The standard InChI is InChI=1S/C16H11NO3S.C9H6BrNO.C7H6O2S/c17-9-11-4-3-5-12(8-11)14(18)10-21-15-7-2-1-6-13(15)16(19)20;10-5-9(12)8-3-1-2-7(4-8)6-11;8-7(9)5-3-1-2-4-6(5)10/h1-8H,10H2,(H,19,20);1-4H,5H2;1-4,10H,(H,8,9). The van der Waals surface area contributed by atoms with Crippen molar-refractivity contribution in [3.8, 4) is 12.1 Å². The van der Waals surface area contributed by atoms with Crippen molar-refractivity contribution in [2.24, 2.45) is 0 Å². The minimum Gasteiger partial charge on any atom is -0.478 e. The first-order chi connectivity index (χ1) is 20.6. The highest BCUT2D eigenvalue weighted by atomic mass is 79.9. The summed E-state index contributed by atoms with van der Waals surface area (Å²) in [6.45, 7) is 0. The second kappa shape index (κ2) is 18.0. The molecule has 0 bridgehead atoms. The molecule has 0 spiro atoms. The second-order valence-electron chi connectivity index (χ2n) is 8.28. The Balaban J connectivity index is 0.000000248. The molecular formula is C32H23BrN2O6S2. The van der Waals surface area contributed by atoms with Crippen LogP contribution in [0.2, 0.25) is 0 Å². The average Bonchev–Trinajstić information content (AvgIpc) is 3.04. The summed E-state index contributed by atoms with van der Waals surface area (Å²) in [5.41, 5.74) is 2.39. The number of hydrogen-bond donors (Lipinski definition) is 3. The zero-order valence-corrected chi connectivity index (χ0v) is 25.6. The van der Waals surface area contributed by atoms with Crippen molar-refractivity contribution < 1.29 is 29.4 Å². The number of aromatic carboxylic acids is 2. The van der Waals surface area contributed by atoms with Crippen LogP contribution in [-0.4, -0.2) is 44.8 Å². The monoisotopic (exact) mass is 674 g/mol. The number of alkyl halides is 1. The highest BCUT2D eigenvalue weighted by molar-refractivity contribution is 9.09. The lowest BCUT2D eigenvalue weighted by atomic mass is 10.1. The molecule has 4 aromatic rings. The normalized spacial score (nSPS) is 9.49. The van der Waals surface area contributed by atoms with Gasteiger partial charge in [0.2, 0.25) is 0 Å². The molecule has 0 fully saturated rings. The number of nitrogens with zero attached hydrogens (tertiary/aromatic N) is 2. The molecule has 0 radical (unpaired) electrons. The summed E-state index contributed by atoms with van der Waals surface area (Å²) in [4.78, 5) is 45.7. The number of thiol groups is 1. The quantitative estimate of drug-likeness (QED) is 0.0772. The molecule has 216 valence electrons. The molecule has 0 saturated carbocycles. The maximum Gasteiger partial charge on any atom is 0.336 e. The van der Waals surface area contributed by atoms with Gasteiger partial charge in [0.15, 0.2) is 11.6 Å². The maximum atomic E-state index is 12.1. The Hall–Kier alpha value is -4.68. The van der Waals surface area contributed by atoms with E-state index in [4.69, 9.17) is 20.7 Å². The molecule has 2 N–H and O–H groups in total. The van der Waals surface area contributed by atoms with Crippen LogP contribution in [0, 0.1) is 22.7 Å². The zero-order valence-electron chi connectivity index (χ0n) is 22.3. The van der Waals surface area contributed by atoms with Gasteiger partial charge < -0.3 is 10.2 Å². The van der Waals surface area contributed by atoms with E-state index in [1.54, 1.807) is 78.9 Å². The van der Waals surface area contributed by atoms with Gasteiger partial charge in [-0.15, -0.1) is 24.4 Å². The van der Waals surface area contributed by atoms with Gasteiger partial charge in [-0.3, -0.25) is 9.59 Å². The number of benzene rings is 4. The number of carbonyl (C=O) groups is 4. The first-order valence-electron chi connectivity index (χ1n) is 12.2. The van der Waals surface area contributed by atoms with Gasteiger partial charge in [0.1, 0.15) is 0 Å². The molecule has 0 aliphatic rings. The predicted molar refractivity (Wildman–Crippen MR) is 170 cm³/mol. The number of nitriles is 2. The van der Waals surface area contributed by atoms with E-state index in [-0.39, 0.29) is 28.4 Å². The van der Waals surface area contributed by atoms with Crippen molar-refractivity contribution in [2.45, 2.75) is 9.79 Å². The van der Waals surface area contributed by atoms with Crippen molar-refractivity contribution in [2.75, 3.05) is 11.1 Å². The van der Waals surface area contributed by atoms with Crippen LogP contribution in [0.4, 0.5) is 0 Å². The molecule has 0 atom stereocenters. The molecule has 0 aliphatic carbocycles. The summed E-state index contributed by atoms with van der Waals surface area (Å²) < 4.78 is 0. The van der Waals surface area contributed by atoms with E-state index in [2.05, 4.69) is 28.6 Å². The van der Waals surface area contributed by atoms with Gasteiger partial charge in [0, 0.05) is 20.9 Å². The molecule has 0 aromatic heterocycles. The van der Waals surface area contributed by atoms with Crippen LogP contribution in [0.3, 0.4) is 0 Å². The van der Waals surface area contributed by atoms with E-state index >= 15 is 0 Å². The fourth-order valence-corrected chi connectivity index (χ4v) is 4.77. The largest absolute Gasteiger partial charge is 0.478 e. The number of carbonyl (C=O) groups excluding carboxylic acids is 2. The van der Waals surface area contributed by atoms with Crippen LogP contribution in [0.1, 0.15) is 52.6 Å². The van der Waals surface area contributed by atoms with Gasteiger partial charge in [0.05, 0.1) is 45.5 Å². The van der Waals surface area contributed by atoms with Crippen molar-refractivity contribution in [3.63, 3.8) is 0 Å². The van der Waals surface area contributed by atoms with Crippen molar-refractivity contribution in [3.05, 3.63) is 130 Å². The molecule has 8 nitrogen and oxygen atoms in total. The molecule has 11 heteroatoms. The Morgan fingerprint density at radius 2 is 1.19 bits per heavy atom. The van der Waals surface area contributed by atoms with Crippen molar-refractivity contribution in [1.82, 2.24) is 0 Å². The van der Waals surface area contributed by atoms with Crippen LogP contribution in [-0.2, 0) is 0 Å². The Morgan fingerprint density at radius 3 is 1.65 bits per heavy atom. The van der Waals surface area contributed by atoms with E-state index in [9.17, 15) is 19.2 Å². The van der Waals surface area contributed by atoms with Crippen molar-refractivity contribution in [1.29, 1.82) is 10.5 Å². The predicted octanol–water partition coefficient (Wildman–Crippen LogP) is 7.04. The average molecular weight is 676 g/mol. The first-order valence-corrected chi connectivity index (χ1v) is 14.8. The maximum absolute atomic E-state index is 12.1. The number of halogens is 1. The highest BCUT2D eigenvalue weighted by Gasteiger charge is 2.13. The lowest BCUT2D eigenvalue weighted by Crippen LogP contribution is -2.04. The Morgan fingerprint density at radius 1 is 0.698 bits per heavy atom. The molecule has 43 heavy (non-hydrogen) atoms. The van der Waals surface area contributed by atoms with Gasteiger partial charge in [-0.1, -0.05) is 64.5 Å². The van der Waals surface area contributed by atoms with Gasteiger partial charge in [-0.05, 0) is 48.5 Å². The molecule has 0 unspecified atom stereocenters. The summed E-state index contributed by atoms with van der Waals surface area (Å²) >= 11 is 8.20. The fourth-order valence-electron chi connectivity index (χ4n) is 3.25. The number of ketones is 2. The van der Waals surface area contributed by atoms with E-state index in [1.807, 2.05) is 12.1 Å². The molecule has 4 rings (SSSR count). The summed E-state index contributed by atoms with van der Waals surface area (Å²) in [6, 6.07) is 30.2. The third-order valence-corrected chi connectivity index (χ3v) is 7.33. The topological polar surface area (TPSA) is 156 Å². The lowest BCUT2D eigenvalue weighted by Gasteiger charge is -2.05. The van der Waals surface area contributed by atoms with Crippen LogP contribution >= 0.6 is 40.3 Å². The minimum absolute atomic E-state index is 0.00731. The second-order valence-corrected chi connectivity index (χ2v) is 10.3. The third kappa shape index (κ3) is 11.3. The smallest absolute Gasteiger partial charge is 0.336 e. The third-order valence-electron chi connectivity index (χ3n) is 5.36.